The molecule has 0 aliphatic carbocycles. The number of pyridine rings is 1. The van der Waals surface area contributed by atoms with Crippen molar-refractivity contribution in [2.24, 2.45) is 5.92 Å². The van der Waals surface area contributed by atoms with E-state index in [-0.39, 0.29) is 18.1 Å². The number of aryl methyl sites for hydroxylation is 1. The molecule has 16 heavy (non-hydrogen) atoms. The highest BCUT2D eigenvalue weighted by Gasteiger charge is 2.13. The van der Waals surface area contributed by atoms with Gasteiger partial charge >= 0.3 is 5.97 Å². The van der Waals surface area contributed by atoms with E-state index in [1.165, 1.54) is 11.8 Å². The standard InChI is InChI=1S/C11H15NO3S/c1-7(5-13)6-16-10-9(11(14)15)4-3-8(2)12-10/h3-4,7,13H,5-6H2,1-2H3,(H,14,15). The lowest BCUT2D eigenvalue weighted by Crippen LogP contribution is -2.06. The van der Waals surface area contributed by atoms with Crippen LogP contribution in [0.5, 0.6) is 0 Å². The van der Waals surface area contributed by atoms with E-state index in [4.69, 9.17) is 10.2 Å². The van der Waals surface area contributed by atoms with Crippen LogP contribution in [-0.4, -0.2) is 33.5 Å². The van der Waals surface area contributed by atoms with Gasteiger partial charge in [-0.3, -0.25) is 0 Å². The number of nitrogens with zero attached hydrogens (tertiary/aromatic N) is 1. The van der Waals surface area contributed by atoms with E-state index in [2.05, 4.69) is 4.98 Å². The van der Waals surface area contributed by atoms with Crippen LogP contribution < -0.4 is 0 Å². The Morgan fingerprint density at radius 2 is 2.25 bits per heavy atom. The molecule has 0 radical (unpaired) electrons. The van der Waals surface area contributed by atoms with Gasteiger partial charge in [0.1, 0.15) is 5.03 Å². The predicted octanol–water partition coefficient (Wildman–Crippen LogP) is 1.81. The summed E-state index contributed by atoms with van der Waals surface area (Å²) in [5.74, 6) is -0.173. The highest BCUT2D eigenvalue weighted by molar-refractivity contribution is 7.99. The number of carbonyl (C=O) groups is 1. The fourth-order valence-electron chi connectivity index (χ4n) is 1.08. The summed E-state index contributed by atoms with van der Waals surface area (Å²) in [7, 11) is 0. The van der Waals surface area contributed by atoms with Crippen LogP contribution in [0.2, 0.25) is 0 Å². The number of rotatable bonds is 5. The molecule has 0 aliphatic heterocycles. The molecule has 0 bridgehead atoms. The fourth-order valence-corrected chi connectivity index (χ4v) is 2.15. The minimum atomic E-state index is -0.966. The van der Waals surface area contributed by atoms with E-state index in [1.54, 1.807) is 12.1 Å². The zero-order valence-corrected chi connectivity index (χ0v) is 10.1. The number of hydrogen-bond acceptors (Lipinski definition) is 4. The average molecular weight is 241 g/mol. The molecular weight excluding hydrogens is 226 g/mol. The van der Waals surface area contributed by atoms with Gasteiger partial charge in [-0.2, -0.15) is 0 Å². The van der Waals surface area contributed by atoms with Crippen molar-refractivity contribution in [1.82, 2.24) is 4.98 Å². The molecule has 1 heterocycles. The third kappa shape index (κ3) is 3.50. The van der Waals surface area contributed by atoms with Crippen molar-refractivity contribution in [3.05, 3.63) is 23.4 Å². The van der Waals surface area contributed by atoms with Crippen molar-refractivity contribution in [3.8, 4) is 0 Å². The van der Waals surface area contributed by atoms with Gasteiger partial charge in [0.25, 0.3) is 0 Å². The molecule has 0 amide bonds. The SMILES string of the molecule is Cc1ccc(C(=O)O)c(SCC(C)CO)n1. The number of thioether (sulfide) groups is 1. The predicted molar refractivity (Wildman–Crippen MR) is 62.9 cm³/mol. The third-order valence-electron chi connectivity index (χ3n) is 2.05. The van der Waals surface area contributed by atoms with Crippen LogP contribution in [0.25, 0.3) is 0 Å². The summed E-state index contributed by atoms with van der Waals surface area (Å²) in [6.45, 7) is 3.83. The van der Waals surface area contributed by atoms with Crippen molar-refractivity contribution in [2.45, 2.75) is 18.9 Å². The summed E-state index contributed by atoms with van der Waals surface area (Å²) in [4.78, 5) is 15.1. The van der Waals surface area contributed by atoms with Crippen LogP contribution >= 0.6 is 11.8 Å². The lowest BCUT2D eigenvalue weighted by Gasteiger charge is -2.09. The quantitative estimate of drug-likeness (QED) is 0.769. The topological polar surface area (TPSA) is 70.4 Å². The van der Waals surface area contributed by atoms with E-state index in [1.807, 2.05) is 13.8 Å². The van der Waals surface area contributed by atoms with Crippen molar-refractivity contribution < 1.29 is 15.0 Å². The highest BCUT2D eigenvalue weighted by Crippen LogP contribution is 2.23. The normalized spacial score (nSPS) is 12.4. The van der Waals surface area contributed by atoms with Gasteiger partial charge in [-0.1, -0.05) is 6.92 Å². The van der Waals surface area contributed by atoms with Gasteiger partial charge in [0, 0.05) is 18.1 Å². The van der Waals surface area contributed by atoms with Crippen LogP contribution in [0.1, 0.15) is 23.0 Å². The van der Waals surface area contributed by atoms with Gasteiger partial charge in [0.05, 0.1) is 5.56 Å². The molecule has 0 spiro atoms. The molecule has 1 unspecified atom stereocenters. The van der Waals surface area contributed by atoms with Crippen LogP contribution in [-0.2, 0) is 0 Å². The first-order valence-corrected chi connectivity index (χ1v) is 5.97. The second-order valence-corrected chi connectivity index (χ2v) is 4.72. The minimum absolute atomic E-state index is 0.0984. The van der Waals surface area contributed by atoms with Gasteiger partial charge in [0.2, 0.25) is 0 Å². The van der Waals surface area contributed by atoms with Gasteiger partial charge in [-0.25, -0.2) is 9.78 Å². The van der Waals surface area contributed by atoms with Crippen LogP contribution in [0.3, 0.4) is 0 Å². The maximum Gasteiger partial charge on any atom is 0.338 e. The third-order valence-corrected chi connectivity index (χ3v) is 3.37. The van der Waals surface area contributed by atoms with Crippen LogP contribution in [0, 0.1) is 12.8 Å². The van der Waals surface area contributed by atoms with Gasteiger partial charge in [-0.05, 0) is 25.0 Å². The minimum Gasteiger partial charge on any atom is -0.478 e. The molecular formula is C11H15NO3S. The number of hydrogen-bond donors (Lipinski definition) is 2. The highest BCUT2D eigenvalue weighted by atomic mass is 32.2. The van der Waals surface area contributed by atoms with Gasteiger partial charge in [0.15, 0.2) is 0 Å². The number of aliphatic hydroxyl groups is 1. The summed E-state index contributed by atoms with van der Waals surface area (Å²) in [6.07, 6.45) is 0. The summed E-state index contributed by atoms with van der Waals surface area (Å²) >= 11 is 1.37. The lowest BCUT2D eigenvalue weighted by molar-refractivity contribution is 0.0692. The molecule has 0 saturated heterocycles. The Balaban J connectivity index is 2.84. The van der Waals surface area contributed by atoms with E-state index in [0.717, 1.165) is 5.69 Å². The number of aliphatic hydroxyl groups excluding tert-OH is 1. The Labute approximate surface area is 98.7 Å². The Morgan fingerprint density at radius 1 is 1.56 bits per heavy atom. The molecule has 0 saturated carbocycles. The first-order valence-electron chi connectivity index (χ1n) is 4.99. The average Bonchev–Trinajstić information content (AvgIpc) is 2.25. The monoisotopic (exact) mass is 241 g/mol. The Hall–Kier alpha value is -1.07. The van der Waals surface area contributed by atoms with E-state index < -0.39 is 5.97 Å². The molecule has 1 rings (SSSR count). The van der Waals surface area contributed by atoms with Crippen molar-refractivity contribution in [3.63, 3.8) is 0 Å². The molecule has 1 aromatic heterocycles. The van der Waals surface area contributed by atoms with E-state index in [9.17, 15) is 4.79 Å². The zero-order valence-electron chi connectivity index (χ0n) is 9.30. The molecule has 4 nitrogen and oxygen atoms in total. The fraction of sp³-hybridized carbons (Fsp3) is 0.455. The molecule has 1 aromatic rings. The first-order chi connectivity index (χ1) is 7.54. The van der Waals surface area contributed by atoms with Crippen LogP contribution in [0.4, 0.5) is 0 Å². The molecule has 0 aliphatic rings. The summed E-state index contributed by atoms with van der Waals surface area (Å²) in [5.41, 5.74) is 1.02. The van der Waals surface area contributed by atoms with Crippen molar-refractivity contribution in [1.29, 1.82) is 0 Å². The molecule has 0 aromatic carbocycles. The molecule has 1 atom stereocenters. The Kier molecular flexibility index (Phi) is 4.76. The molecule has 5 heteroatoms. The number of aromatic carboxylic acids is 1. The second-order valence-electron chi connectivity index (χ2n) is 3.71. The van der Waals surface area contributed by atoms with Crippen LogP contribution in [0.15, 0.2) is 17.2 Å². The second kappa shape index (κ2) is 5.86. The maximum absolute atomic E-state index is 10.9. The summed E-state index contributed by atoms with van der Waals surface area (Å²) in [6, 6.07) is 3.25. The van der Waals surface area contributed by atoms with E-state index >= 15 is 0 Å². The van der Waals surface area contributed by atoms with Gasteiger partial charge in [-0.15, -0.1) is 11.8 Å². The van der Waals surface area contributed by atoms with Crippen molar-refractivity contribution in [2.75, 3.05) is 12.4 Å². The maximum atomic E-state index is 10.9. The van der Waals surface area contributed by atoms with Crippen molar-refractivity contribution >= 4 is 17.7 Å². The largest absolute Gasteiger partial charge is 0.478 e. The number of carboxylic acid groups (broad SMARTS) is 1. The summed E-state index contributed by atoms with van der Waals surface area (Å²) < 4.78 is 0. The Morgan fingerprint density at radius 3 is 2.81 bits per heavy atom. The lowest BCUT2D eigenvalue weighted by atomic mass is 10.2. The Bertz CT molecular complexity index is 381. The molecule has 88 valence electrons. The number of carboxylic acids is 1. The molecule has 0 fully saturated rings. The zero-order chi connectivity index (χ0) is 12.1. The number of aromatic nitrogens is 1. The summed E-state index contributed by atoms with van der Waals surface area (Å²) in [5, 5.41) is 18.4. The van der Waals surface area contributed by atoms with E-state index in [0.29, 0.717) is 10.8 Å². The first kappa shape index (κ1) is 13.0. The van der Waals surface area contributed by atoms with Gasteiger partial charge < -0.3 is 10.2 Å². The smallest absolute Gasteiger partial charge is 0.338 e. The molecule has 2 N–H and O–H groups in total.